The maximum absolute atomic E-state index is 13.6. The third kappa shape index (κ3) is 4.21. The summed E-state index contributed by atoms with van der Waals surface area (Å²) < 4.78 is 68.8. The molecular formula is C20H17F5N4O3. The minimum absolute atomic E-state index is 0.0534. The highest BCUT2D eigenvalue weighted by Crippen LogP contribution is 2.60. The lowest BCUT2D eigenvalue weighted by molar-refractivity contribution is -0.141. The maximum Gasteiger partial charge on any atom is 0.281 e. The third-order valence-corrected chi connectivity index (χ3v) is 5.52. The number of carbonyl (C=O) groups is 2. The van der Waals surface area contributed by atoms with Crippen LogP contribution in [0.1, 0.15) is 53.9 Å². The number of nitrogens with one attached hydrogen (secondary N) is 2. The second-order valence-corrected chi connectivity index (χ2v) is 7.99. The normalized spacial score (nSPS) is 23.3. The molecule has 1 heterocycles. The number of halogens is 5. The minimum atomic E-state index is -2.95. The van der Waals surface area contributed by atoms with E-state index in [0.717, 1.165) is 30.6 Å². The topological polar surface area (TPSA) is 93.2 Å². The molecule has 32 heavy (non-hydrogen) atoms. The van der Waals surface area contributed by atoms with E-state index in [1.807, 2.05) is 0 Å². The van der Waals surface area contributed by atoms with Crippen LogP contribution < -0.4 is 15.4 Å². The van der Waals surface area contributed by atoms with Crippen LogP contribution in [-0.4, -0.2) is 39.5 Å². The van der Waals surface area contributed by atoms with E-state index >= 15 is 0 Å². The van der Waals surface area contributed by atoms with Gasteiger partial charge in [0.2, 0.25) is 0 Å². The van der Waals surface area contributed by atoms with E-state index in [9.17, 15) is 31.5 Å². The molecule has 12 heteroatoms. The van der Waals surface area contributed by atoms with Crippen LogP contribution in [-0.2, 0) is 4.79 Å². The molecule has 2 aromatic rings. The van der Waals surface area contributed by atoms with Crippen molar-refractivity contribution in [3.63, 3.8) is 0 Å². The zero-order valence-corrected chi connectivity index (χ0v) is 16.4. The average molecular weight is 456 g/mol. The lowest BCUT2D eigenvalue weighted by atomic mass is 9.44. The van der Waals surface area contributed by atoms with Gasteiger partial charge in [-0.05, 0) is 31.4 Å². The number of nitrogens with zero attached hydrogens (tertiary/aromatic N) is 2. The lowest BCUT2D eigenvalue weighted by Gasteiger charge is -2.70. The summed E-state index contributed by atoms with van der Waals surface area (Å²) in [7, 11) is 0. The Morgan fingerprint density at radius 2 is 1.69 bits per heavy atom. The van der Waals surface area contributed by atoms with Gasteiger partial charge in [-0.15, -0.1) is 0 Å². The van der Waals surface area contributed by atoms with Gasteiger partial charge in [-0.2, -0.15) is 0 Å². The van der Waals surface area contributed by atoms with Crippen LogP contribution in [0.4, 0.5) is 22.0 Å². The van der Waals surface area contributed by atoms with E-state index in [1.54, 1.807) is 0 Å². The fourth-order valence-corrected chi connectivity index (χ4v) is 4.18. The smallest absolute Gasteiger partial charge is 0.281 e. The molecule has 0 atom stereocenters. The van der Waals surface area contributed by atoms with Crippen molar-refractivity contribution in [2.24, 2.45) is 0 Å². The first-order valence-corrected chi connectivity index (χ1v) is 9.54. The first kappa shape index (κ1) is 21.9. The number of hydrogen-bond acceptors (Lipinski definition) is 5. The summed E-state index contributed by atoms with van der Waals surface area (Å²) in [6.07, 6.45) is -2.49. The molecule has 3 saturated carbocycles. The number of aromatic nitrogens is 2. The fourth-order valence-electron chi connectivity index (χ4n) is 4.18. The van der Waals surface area contributed by atoms with Crippen LogP contribution in [0, 0.1) is 5.82 Å². The number of amides is 2. The number of benzene rings is 1. The van der Waals surface area contributed by atoms with Gasteiger partial charge in [0.15, 0.2) is 6.61 Å². The SMILES string of the molecule is O=C(COc1ccc(C(F)F)c(F)c1)NC12CC(NC(=O)c3cnc(C(F)F)cn3)(C1)C2. The van der Waals surface area contributed by atoms with Crippen LogP contribution in [0.25, 0.3) is 0 Å². The summed E-state index contributed by atoms with van der Waals surface area (Å²) in [6.45, 7) is -0.430. The molecule has 0 radical (unpaired) electrons. The lowest BCUT2D eigenvalue weighted by Crippen LogP contribution is -2.84. The van der Waals surface area contributed by atoms with E-state index in [4.69, 9.17) is 4.74 Å². The summed E-state index contributed by atoms with van der Waals surface area (Å²) in [4.78, 5) is 31.6. The van der Waals surface area contributed by atoms with E-state index < -0.39 is 59.4 Å². The molecule has 170 valence electrons. The van der Waals surface area contributed by atoms with Crippen LogP contribution in [0.2, 0.25) is 0 Å². The molecule has 3 fully saturated rings. The number of hydrogen-bond donors (Lipinski definition) is 2. The zero-order valence-electron chi connectivity index (χ0n) is 16.4. The van der Waals surface area contributed by atoms with Gasteiger partial charge in [-0.25, -0.2) is 26.9 Å². The van der Waals surface area contributed by atoms with Crippen LogP contribution >= 0.6 is 0 Å². The molecular weight excluding hydrogens is 439 g/mol. The van der Waals surface area contributed by atoms with E-state index in [-0.39, 0.29) is 11.4 Å². The van der Waals surface area contributed by atoms with Gasteiger partial charge in [-0.1, -0.05) is 0 Å². The summed E-state index contributed by atoms with van der Waals surface area (Å²) in [5, 5.41) is 5.58. The van der Waals surface area contributed by atoms with Gasteiger partial charge in [0.1, 0.15) is 23.0 Å². The average Bonchev–Trinajstić information content (AvgIpc) is 2.69. The Morgan fingerprint density at radius 1 is 1.00 bits per heavy atom. The van der Waals surface area contributed by atoms with Crippen LogP contribution in [0.5, 0.6) is 5.75 Å². The van der Waals surface area contributed by atoms with Crippen molar-refractivity contribution in [1.82, 2.24) is 20.6 Å². The Labute approximate surface area is 178 Å². The number of ether oxygens (including phenoxy) is 1. The van der Waals surface area contributed by atoms with Crippen molar-refractivity contribution < 1.29 is 36.3 Å². The standard InChI is InChI=1S/C20H17F5N4O3/c21-12-3-10(1-2-11(12)16(22)23)32-6-15(30)28-19-7-20(8-19,9-19)29-18(31)14-5-26-13(4-27-14)17(24)25/h1-5,16-17H,6-9H2,(H,28,30)(H,29,31). The Bertz CT molecular complexity index is 1030. The molecule has 3 aliphatic carbocycles. The van der Waals surface area contributed by atoms with Gasteiger partial charge in [-0.3, -0.25) is 14.6 Å². The summed E-state index contributed by atoms with van der Waals surface area (Å²) in [5.74, 6) is -2.20. The quantitative estimate of drug-likeness (QED) is 0.596. The molecule has 3 aliphatic rings. The molecule has 1 aromatic carbocycles. The largest absolute Gasteiger partial charge is 0.484 e. The molecule has 0 unspecified atom stereocenters. The molecule has 2 N–H and O–H groups in total. The Balaban J connectivity index is 1.23. The Hall–Kier alpha value is -3.31. The van der Waals surface area contributed by atoms with Gasteiger partial charge in [0, 0.05) is 17.1 Å². The fraction of sp³-hybridized carbons (Fsp3) is 0.400. The first-order chi connectivity index (χ1) is 15.1. The van der Waals surface area contributed by atoms with Gasteiger partial charge >= 0.3 is 0 Å². The summed E-state index contributed by atoms with van der Waals surface area (Å²) >= 11 is 0. The highest BCUT2D eigenvalue weighted by Gasteiger charge is 2.69. The summed E-state index contributed by atoms with van der Waals surface area (Å²) in [5.41, 5.74) is -2.37. The van der Waals surface area contributed by atoms with Crippen molar-refractivity contribution in [3.8, 4) is 5.75 Å². The first-order valence-electron chi connectivity index (χ1n) is 9.54. The molecule has 7 nitrogen and oxygen atoms in total. The van der Waals surface area contributed by atoms with Gasteiger partial charge < -0.3 is 15.4 Å². The van der Waals surface area contributed by atoms with Crippen molar-refractivity contribution >= 4 is 11.8 Å². The molecule has 0 spiro atoms. The van der Waals surface area contributed by atoms with E-state index in [0.29, 0.717) is 19.3 Å². The monoisotopic (exact) mass is 456 g/mol. The van der Waals surface area contributed by atoms with Crippen molar-refractivity contribution in [2.45, 2.75) is 43.2 Å². The molecule has 2 bridgehead atoms. The van der Waals surface area contributed by atoms with E-state index in [1.165, 1.54) is 0 Å². The van der Waals surface area contributed by atoms with Crippen molar-refractivity contribution in [3.05, 3.63) is 53.4 Å². The zero-order chi connectivity index (χ0) is 23.1. The highest BCUT2D eigenvalue weighted by atomic mass is 19.3. The van der Waals surface area contributed by atoms with Gasteiger partial charge in [0.25, 0.3) is 24.7 Å². The van der Waals surface area contributed by atoms with Crippen LogP contribution in [0.3, 0.4) is 0 Å². The maximum atomic E-state index is 13.6. The van der Waals surface area contributed by atoms with Crippen molar-refractivity contribution in [1.29, 1.82) is 0 Å². The second-order valence-electron chi connectivity index (χ2n) is 7.99. The molecule has 5 rings (SSSR count). The molecule has 1 aromatic heterocycles. The Kier molecular flexibility index (Phi) is 5.47. The number of carbonyl (C=O) groups excluding carboxylic acids is 2. The highest BCUT2D eigenvalue weighted by molar-refractivity contribution is 5.93. The number of rotatable bonds is 8. The molecule has 0 saturated heterocycles. The Morgan fingerprint density at radius 3 is 2.25 bits per heavy atom. The second kappa shape index (κ2) is 7.99. The summed E-state index contributed by atoms with van der Waals surface area (Å²) in [6, 6.07) is 2.84. The van der Waals surface area contributed by atoms with E-state index in [2.05, 4.69) is 20.6 Å². The van der Waals surface area contributed by atoms with Crippen LogP contribution in [0.15, 0.2) is 30.6 Å². The minimum Gasteiger partial charge on any atom is -0.484 e. The third-order valence-electron chi connectivity index (χ3n) is 5.52. The molecule has 2 amide bonds. The van der Waals surface area contributed by atoms with Gasteiger partial charge in [0.05, 0.1) is 18.0 Å². The number of alkyl halides is 4. The predicted octanol–water partition coefficient (Wildman–Crippen LogP) is 3.09. The molecule has 0 aliphatic heterocycles. The van der Waals surface area contributed by atoms with Crippen molar-refractivity contribution in [2.75, 3.05) is 6.61 Å². The predicted molar refractivity (Wildman–Crippen MR) is 98.8 cm³/mol.